The van der Waals surface area contributed by atoms with Crippen molar-refractivity contribution in [3.63, 3.8) is 0 Å². The fraction of sp³-hybridized carbons (Fsp3) is 0.632. The molecule has 4 nitrogen and oxygen atoms in total. The molecule has 0 radical (unpaired) electrons. The molecule has 1 amide bonds. The largest absolute Gasteiger partial charge is 0.354 e. The number of rotatable bonds is 8. The SMILES string of the molecule is CCN(CC)C(CNC(=O)C1CCNCC1)Cc1ccccc1.Cl. The van der Waals surface area contributed by atoms with Crippen molar-refractivity contribution in [2.75, 3.05) is 32.7 Å². The number of amides is 1. The number of nitrogens with zero attached hydrogens (tertiary/aromatic N) is 1. The second-order valence-corrected chi connectivity index (χ2v) is 6.33. The predicted octanol–water partition coefficient (Wildman–Crippen LogP) is 2.48. The number of nitrogens with one attached hydrogen (secondary N) is 2. The highest BCUT2D eigenvalue weighted by atomic mass is 35.5. The van der Waals surface area contributed by atoms with Crippen LogP contribution in [-0.2, 0) is 11.2 Å². The van der Waals surface area contributed by atoms with E-state index in [4.69, 9.17) is 0 Å². The van der Waals surface area contributed by atoms with Crippen LogP contribution in [0, 0.1) is 5.92 Å². The van der Waals surface area contributed by atoms with Crippen LogP contribution < -0.4 is 10.6 Å². The molecule has 1 fully saturated rings. The van der Waals surface area contributed by atoms with Crippen molar-refractivity contribution in [1.29, 1.82) is 0 Å². The Morgan fingerprint density at radius 1 is 1.21 bits per heavy atom. The van der Waals surface area contributed by atoms with Crippen LogP contribution in [0.1, 0.15) is 32.3 Å². The Balaban J connectivity index is 0.00000288. The lowest BCUT2D eigenvalue weighted by molar-refractivity contribution is -0.126. The van der Waals surface area contributed by atoms with Crippen molar-refractivity contribution in [2.24, 2.45) is 5.92 Å². The molecule has 1 saturated heterocycles. The van der Waals surface area contributed by atoms with Crippen molar-refractivity contribution in [2.45, 2.75) is 39.2 Å². The van der Waals surface area contributed by atoms with Crippen molar-refractivity contribution >= 4 is 18.3 Å². The van der Waals surface area contributed by atoms with E-state index in [9.17, 15) is 4.79 Å². The summed E-state index contributed by atoms with van der Waals surface area (Å²) < 4.78 is 0. The Hall–Kier alpha value is -1.10. The van der Waals surface area contributed by atoms with Crippen LogP contribution in [0.2, 0.25) is 0 Å². The number of carbonyl (C=O) groups excluding carboxylic acids is 1. The van der Waals surface area contributed by atoms with Gasteiger partial charge in [0.1, 0.15) is 0 Å². The summed E-state index contributed by atoms with van der Waals surface area (Å²) in [5.74, 6) is 0.419. The molecule has 1 heterocycles. The lowest BCUT2D eigenvalue weighted by Gasteiger charge is -2.31. The molecule has 24 heavy (non-hydrogen) atoms. The van der Waals surface area contributed by atoms with Crippen molar-refractivity contribution < 1.29 is 4.79 Å². The smallest absolute Gasteiger partial charge is 0.223 e. The van der Waals surface area contributed by atoms with Gasteiger partial charge >= 0.3 is 0 Å². The van der Waals surface area contributed by atoms with E-state index in [2.05, 4.69) is 59.7 Å². The van der Waals surface area contributed by atoms with E-state index in [0.717, 1.165) is 52.0 Å². The number of likely N-dealkylation sites (N-methyl/N-ethyl adjacent to an activating group) is 1. The quantitative estimate of drug-likeness (QED) is 0.754. The summed E-state index contributed by atoms with van der Waals surface area (Å²) in [7, 11) is 0. The van der Waals surface area contributed by atoms with Gasteiger partial charge in [0.2, 0.25) is 5.91 Å². The van der Waals surface area contributed by atoms with Gasteiger partial charge in [-0.25, -0.2) is 0 Å². The molecule has 0 saturated carbocycles. The molecule has 5 heteroatoms. The van der Waals surface area contributed by atoms with E-state index in [0.29, 0.717) is 6.04 Å². The number of hydrogen-bond acceptors (Lipinski definition) is 3. The summed E-state index contributed by atoms with van der Waals surface area (Å²) in [5.41, 5.74) is 1.33. The molecule has 1 aromatic rings. The first kappa shape index (κ1) is 20.9. The number of hydrogen-bond donors (Lipinski definition) is 2. The van der Waals surface area contributed by atoms with Crippen molar-refractivity contribution in [3.8, 4) is 0 Å². The minimum Gasteiger partial charge on any atom is -0.354 e. The van der Waals surface area contributed by atoms with Gasteiger partial charge in [-0.2, -0.15) is 0 Å². The molecule has 1 aliphatic heterocycles. The zero-order valence-electron chi connectivity index (χ0n) is 15.0. The maximum atomic E-state index is 12.4. The van der Waals surface area contributed by atoms with Crippen molar-refractivity contribution in [3.05, 3.63) is 35.9 Å². The van der Waals surface area contributed by atoms with Crippen LogP contribution in [0.3, 0.4) is 0 Å². The van der Waals surface area contributed by atoms with E-state index < -0.39 is 0 Å². The van der Waals surface area contributed by atoms with E-state index >= 15 is 0 Å². The van der Waals surface area contributed by atoms with Gasteiger partial charge in [0, 0.05) is 18.5 Å². The van der Waals surface area contributed by atoms with Crippen LogP contribution in [0.4, 0.5) is 0 Å². The summed E-state index contributed by atoms with van der Waals surface area (Å²) in [6.07, 6.45) is 2.90. The molecule has 0 aromatic heterocycles. The minimum atomic E-state index is 0. The van der Waals surface area contributed by atoms with E-state index in [1.807, 2.05) is 0 Å². The summed E-state index contributed by atoms with van der Waals surface area (Å²) in [6, 6.07) is 10.9. The molecule has 136 valence electrons. The predicted molar refractivity (Wildman–Crippen MR) is 103 cm³/mol. The fourth-order valence-corrected chi connectivity index (χ4v) is 3.40. The second-order valence-electron chi connectivity index (χ2n) is 6.33. The fourth-order valence-electron chi connectivity index (χ4n) is 3.40. The van der Waals surface area contributed by atoms with Gasteiger partial charge in [0.25, 0.3) is 0 Å². The second kappa shape index (κ2) is 11.5. The Bertz CT molecular complexity index is 459. The topological polar surface area (TPSA) is 44.4 Å². The van der Waals surface area contributed by atoms with Crippen LogP contribution in [0.25, 0.3) is 0 Å². The molecule has 0 bridgehead atoms. The molecule has 1 aromatic carbocycles. The highest BCUT2D eigenvalue weighted by molar-refractivity contribution is 5.85. The zero-order chi connectivity index (χ0) is 16.5. The summed E-state index contributed by atoms with van der Waals surface area (Å²) in [6.45, 7) is 9.06. The molecular formula is C19H32ClN3O. The van der Waals surface area contributed by atoms with Crippen LogP contribution in [0.5, 0.6) is 0 Å². The van der Waals surface area contributed by atoms with Crippen molar-refractivity contribution in [1.82, 2.24) is 15.5 Å². The summed E-state index contributed by atoms with van der Waals surface area (Å²) in [5, 5.41) is 6.53. The van der Waals surface area contributed by atoms with Gasteiger partial charge in [-0.15, -0.1) is 12.4 Å². The Morgan fingerprint density at radius 2 is 1.83 bits per heavy atom. The third-order valence-electron chi connectivity index (χ3n) is 4.86. The normalized spacial score (nSPS) is 16.5. The number of piperidine rings is 1. The molecule has 1 aliphatic rings. The van der Waals surface area contributed by atoms with Gasteiger partial charge < -0.3 is 10.6 Å². The third-order valence-corrected chi connectivity index (χ3v) is 4.86. The highest BCUT2D eigenvalue weighted by Crippen LogP contribution is 2.13. The average Bonchev–Trinajstić information content (AvgIpc) is 2.62. The molecular weight excluding hydrogens is 322 g/mol. The van der Waals surface area contributed by atoms with E-state index in [-0.39, 0.29) is 24.2 Å². The van der Waals surface area contributed by atoms with Crippen LogP contribution >= 0.6 is 12.4 Å². The lowest BCUT2D eigenvalue weighted by Crippen LogP contribution is -2.47. The summed E-state index contributed by atoms with van der Waals surface area (Å²) >= 11 is 0. The van der Waals surface area contributed by atoms with Crippen LogP contribution in [-0.4, -0.2) is 49.6 Å². The first-order chi connectivity index (χ1) is 11.2. The zero-order valence-corrected chi connectivity index (χ0v) is 15.8. The Morgan fingerprint density at radius 3 is 2.42 bits per heavy atom. The van der Waals surface area contributed by atoms with Crippen LogP contribution in [0.15, 0.2) is 30.3 Å². The standard InChI is InChI=1S/C19H31N3O.ClH/c1-3-22(4-2)18(14-16-8-6-5-7-9-16)15-21-19(23)17-10-12-20-13-11-17;/h5-9,17-18,20H,3-4,10-15H2,1-2H3,(H,21,23);1H. The molecule has 1 atom stereocenters. The van der Waals surface area contributed by atoms with E-state index in [1.54, 1.807) is 0 Å². The highest BCUT2D eigenvalue weighted by Gasteiger charge is 2.23. The van der Waals surface area contributed by atoms with Gasteiger partial charge in [-0.1, -0.05) is 44.2 Å². The average molecular weight is 354 g/mol. The number of carbonyl (C=O) groups is 1. The lowest BCUT2D eigenvalue weighted by atomic mass is 9.97. The Labute approximate surface area is 152 Å². The number of benzene rings is 1. The molecule has 2 N–H and O–H groups in total. The maximum absolute atomic E-state index is 12.4. The van der Waals surface area contributed by atoms with Gasteiger partial charge in [-0.05, 0) is 51.0 Å². The van der Waals surface area contributed by atoms with Gasteiger partial charge in [-0.3, -0.25) is 9.69 Å². The maximum Gasteiger partial charge on any atom is 0.223 e. The third kappa shape index (κ3) is 6.42. The van der Waals surface area contributed by atoms with E-state index in [1.165, 1.54) is 5.56 Å². The monoisotopic (exact) mass is 353 g/mol. The van der Waals surface area contributed by atoms with Gasteiger partial charge in [0.15, 0.2) is 0 Å². The molecule has 1 unspecified atom stereocenters. The first-order valence-electron chi connectivity index (χ1n) is 9.01. The molecule has 0 aliphatic carbocycles. The summed E-state index contributed by atoms with van der Waals surface area (Å²) in [4.78, 5) is 14.8. The molecule has 2 rings (SSSR count). The Kier molecular flexibility index (Phi) is 9.99. The first-order valence-corrected chi connectivity index (χ1v) is 9.01. The number of halogens is 1. The van der Waals surface area contributed by atoms with Gasteiger partial charge in [0.05, 0.1) is 0 Å². The minimum absolute atomic E-state index is 0. The molecule has 0 spiro atoms.